The maximum absolute atomic E-state index is 13.7. The Morgan fingerprint density at radius 1 is 1.14 bits per heavy atom. The average Bonchev–Trinajstić information content (AvgIpc) is 2.45. The van der Waals surface area contributed by atoms with Gasteiger partial charge >= 0.3 is 0 Å². The molecule has 0 aromatic heterocycles. The van der Waals surface area contributed by atoms with Gasteiger partial charge in [0.15, 0.2) is 0 Å². The monoisotopic (exact) mass is 307 g/mol. The molecule has 2 fully saturated rings. The van der Waals surface area contributed by atoms with Crippen LogP contribution in [0.1, 0.15) is 44.1 Å². The van der Waals surface area contributed by atoms with E-state index in [1.807, 2.05) is 4.90 Å². The molecule has 1 atom stereocenters. The molecule has 2 nitrogen and oxygen atoms in total. The zero-order valence-electron chi connectivity index (χ0n) is 12.9. The Hall–Kier alpha value is -1.45. The van der Waals surface area contributed by atoms with Gasteiger partial charge in [0.05, 0.1) is 0 Å². The van der Waals surface area contributed by atoms with Crippen molar-refractivity contribution in [3.8, 4) is 0 Å². The van der Waals surface area contributed by atoms with E-state index in [1.165, 1.54) is 24.6 Å². The molecule has 0 bridgehead atoms. The molecule has 0 N–H and O–H groups in total. The van der Waals surface area contributed by atoms with Crippen molar-refractivity contribution in [2.45, 2.75) is 44.9 Å². The van der Waals surface area contributed by atoms with E-state index in [1.54, 1.807) is 0 Å². The largest absolute Gasteiger partial charge is 0.342 e. The van der Waals surface area contributed by atoms with E-state index in [0.29, 0.717) is 18.2 Å². The smallest absolute Gasteiger partial charge is 0.225 e. The molecular weight excluding hydrogens is 284 g/mol. The van der Waals surface area contributed by atoms with Crippen LogP contribution in [0.3, 0.4) is 0 Å². The Kier molecular flexibility index (Phi) is 4.74. The molecule has 4 heteroatoms. The van der Waals surface area contributed by atoms with Gasteiger partial charge in [-0.1, -0.05) is 12.5 Å². The lowest BCUT2D eigenvalue weighted by molar-refractivity contribution is -0.140. The minimum absolute atomic E-state index is 0.185. The summed E-state index contributed by atoms with van der Waals surface area (Å²) in [6.07, 6.45) is 6.43. The van der Waals surface area contributed by atoms with Crippen LogP contribution in [0.15, 0.2) is 18.2 Å². The molecule has 1 heterocycles. The molecule has 1 saturated carbocycles. The van der Waals surface area contributed by atoms with Crippen LogP contribution < -0.4 is 0 Å². The van der Waals surface area contributed by atoms with Crippen LogP contribution in [-0.2, 0) is 11.2 Å². The van der Waals surface area contributed by atoms with Crippen LogP contribution in [0.5, 0.6) is 0 Å². The number of likely N-dealkylation sites (tertiary alicyclic amines) is 1. The highest BCUT2D eigenvalue weighted by Crippen LogP contribution is 2.31. The van der Waals surface area contributed by atoms with Crippen LogP contribution in [-0.4, -0.2) is 23.9 Å². The van der Waals surface area contributed by atoms with Gasteiger partial charge in [-0.3, -0.25) is 4.79 Å². The number of amides is 1. The van der Waals surface area contributed by atoms with Gasteiger partial charge in [-0.15, -0.1) is 0 Å². The van der Waals surface area contributed by atoms with Crippen LogP contribution in [0.25, 0.3) is 0 Å². The van der Waals surface area contributed by atoms with E-state index in [4.69, 9.17) is 0 Å². The zero-order chi connectivity index (χ0) is 15.5. The fourth-order valence-corrected chi connectivity index (χ4v) is 3.53. The summed E-state index contributed by atoms with van der Waals surface area (Å²) >= 11 is 0. The summed E-state index contributed by atoms with van der Waals surface area (Å²) in [6.45, 7) is 1.60. The van der Waals surface area contributed by atoms with Gasteiger partial charge in [-0.05, 0) is 56.6 Å². The predicted octanol–water partition coefficient (Wildman–Crippen LogP) is 3.94. The molecule has 1 aromatic carbocycles. The fraction of sp³-hybridized carbons (Fsp3) is 0.611. The number of hydrogen-bond donors (Lipinski definition) is 0. The maximum atomic E-state index is 13.7. The molecule has 1 aliphatic carbocycles. The predicted molar refractivity (Wildman–Crippen MR) is 81.3 cm³/mol. The van der Waals surface area contributed by atoms with Crippen molar-refractivity contribution < 1.29 is 13.6 Å². The van der Waals surface area contributed by atoms with E-state index in [-0.39, 0.29) is 11.5 Å². The molecule has 0 spiro atoms. The third-order valence-corrected chi connectivity index (χ3v) is 5.15. The molecule has 2 aliphatic rings. The molecule has 1 aliphatic heterocycles. The third kappa shape index (κ3) is 3.31. The Morgan fingerprint density at radius 3 is 2.50 bits per heavy atom. The van der Waals surface area contributed by atoms with Gasteiger partial charge in [0.2, 0.25) is 5.91 Å². The molecular formula is C18H23F2NO. The number of carbonyl (C=O) groups is 1. The molecule has 3 rings (SSSR count). The number of rotatable bonds is 4. The van der Waals surface area contributed by atoms with Crippen molar-refractivity contribution in [2.75, 3.05) is 13.1 Å². The molecule has 1 aromatic rings. The van der Waals surface area contributed by atoms with E-state index in [0.717, 1.165) is 45.2 Å². The minimum atomic E-state index is -0.460. The Bertz CT molecular complexity index is 522. The highest BCUT2D eigenvalue weighted by Gasteiger charge is 2.32. The van der Waals surface area contributed by atoms with Crippen molar-refractivity contribution in [2.24, 2.45) is 11.8 Å². The summed E-state index contributed by atoms with van der Waals surface area (Å²) in [7, 11) is 0. The van der Waals surface area contributed by atoms with Crippen LogP contribution >= 0.6 is 0 Å². The third-order valence-electron chi connectivity index (χ3n) is 5.15. The number of carbonyl (C=O) groups excluding carboxylic acids is 1. The zero-order valence-corrected chi connectivity index (χ0v) is 12.9. The first-order chi connectivity index (χ1) is 10.6. The summed E-state index contributed by atoms with van der Waals surface area (Å²) in [5, 5.41) is 0. The Labute approximate surface area is 130 Å². The number of halogens is 2. The number of piperidine rings is 1. The Morgan fingerprint density at radius 2 is 1.86 bits per heavy atom. The maximum Gasteiger partial charge on any atom is 0.225 e. The second kappa shape index (κ2) is 6.76. The van der Waals surface area contributed by atoms with Crippen LogP contribution in [0.2, 0.25) is 0 Å². The summed E-state index contributed by atoms with van der Waals surface area (Å²) in [6, 6.07) is 4.02. The number of benzene rings is 1. The summed E-state index contributed by atoms with van der Waals surface area (Å²) in [5.41, 5.74) is 0.185. The van der Waals surface area contributed by atoms with Crippen molar-refractivity contribution in [1.29, 1.82) is 0 Å². The lowest BCUT2D eigenvalue weighted by Crippen LogP contribution is -2.44. The molecule has 0 radical (unpaired) electrons. The van der Waals surface area contributed by atoms with Crippen molar-refractivity contribution in [1.82, 2.24) is 4.90 Å². The van der Waals surface area contributed by atoms with E-state index in [2.05, 4.69) is 0 Å². The first-order valence-electron chi connectivity index (χ1n) is 8.37. The van der Waals surface area contributed by atoms with E-state index in [9.17, 15) is 13.6 Å². The summed E-state index contributed by atoms with van der Waals surface area (Å²) in [5.74, 6) is -0.0241. The van der Waals surface area contributed by atoms with Gasteiger partial charge < -0.3 is 4.90 Å². The van der Waals surface area contributed by atoms with E-state index >= 15 is 0 Å². The van der Waals surface area contributed by atoms with Gasteiger partial charge in [-0.25, -0.2) is 8.78 Å². The Balaban J connectivity index is 1.55. The van der Waals surface area contributed by atoms with Crippen LogP contribution in [0, 0.1) is 23.5 Å². The van der Waals surface area contributed by atoms with Gasteiger partial charge in [0, 0.05) is 24.6 Å². The minimum Gasteiger partial charge on any atom is -0.342 e. The number of hydrogen-bond acceptors (Lipinski definition) is 1. The first kappa shape index (κ1) is 15.4. The lowest BCUT2D eigenvalue weighted by atomic mass is 9.83. The molecule has 22 heavy (non-hydrogen) atoms. The SMILES string of the molecule is O=C(C1CCC1)N1CCC[C@@H](CCc2c(F)cccc2F)C1. The lowest BCUT2D eigenvalue weighted by Gasteiger charge is -2.37. The van der Waals surface area contributed by atoms with E-state index < -0.39 is 11.6 Å². The van der Waals surface area contributed by atoms with Gasteiger partial charge in [0.25, 0.3) is 0 Å². The van der Waals surface area contributed by atoms with Gasteiger partial charge in [0.1, 0.15) is 11.6 Å². The second-order valence-corrected chi connectivity index (χ2v) is 6.66. The average molecular weight is 307 g/mol. The highest BCUT2D eigenvalue weighted by molar-refractivity contribution is 5.79. The molecule has 1 saturated heterocycles. The van der Waals surface area contributed by atoms with Crippen LogP contribution in [0.4, 0.5) is 8.78 Å². The summed E-state index contributed by atoms with van der Waals surface area (Å²) in [4.78, 5) is 14.3. The van der Waals surface area contributed by atoms with Crippen molar-refractivity contribution in [3.05, 3.63) is 35.4 Å². The topological polar surface area (TPSA) is 20.3 Å². The fourth-order valence-electron chi connectivity index (χ4n) is 3.53. The standard InChI is InChI=1S/C18H23F2NO/c19-16-7-2-8-17(20)15(16)10-9-13-4-3-11-21(12-13)18(22)14-5-1-6-14/h2,7-8,13-14H,1,3-6,9-12H2/t13-/m0/s1. The molecule has 120 valence electrons. The normalized spacial score (nSPS) is 22.5. The van der Waals surface area contributed by atoms with Crippen molar-refractivity contribution >= 4 is 5.91 Å². The van der Waals surface area contributed by atoms with Gasteiger partial charge in [-0.2, -0.15) is 0 Å². The quantitative estimate of drug-likeness (QED) is 0.825. The second-order valence-electron chi connectivity index (χ2n) is 6.66. The summed E-state index contributed by atoms with van der Waals surface area (Å²) < 4.78 is 27.3. The molecule has 1 amide bonds. The first-order valence-corrected chi connectivity index (χ1v) is 8.37. The highest BCUT2D eigenvalue weighted by atomic mass is 19.1. The number of nitrogens with zero attached hydrogens (tertiary/aromatic N) is 1. The molecule has 0 unspecified atom stereocenters. The van der Waals surface area contributed by atoms with Crippen molar-refractivity contribution in [3.63, 3.8) is 0 Å².